The fourth-order valence-electron chi connectivity index (χ4n) is 2.77. The van der Waals surface area contributed by atoms with E-state index in [1.54, 1.807) is 12.1 Å². The second-order valence-electron chi connectivity index (χ2n) is 6.23. The van der Waals surface area contributed by atoms with Crippen molar-refractivity contribution in [2.24, 2.45) is 5.92 Å². The largest absolute Gasteiger partial charge is 0.376 e. The lowest BCUT2D eigenvalue weighted by Crippen LogP contribution is -2.47. The van der Waals surface area contributed by atoms with Gasteiger partial charge in [0, 0.05) is 36.1 Å². The van der Waals surface area contributed by atoms with E-state index < -0.39 is 0 Å². The molecule has 1 heterocycles. The van der Waals surface area contributed by atoms with E-state index in [2.05, 4.69) is 10.2 Å². The van der Waals surface area contributed by atoms with Crippen molar-refractivity contribution in [3.05, 3.63) is 34.6 Å². The maximum atomic E-state index is 14.4. The summed E-state index contributed by atoms with van der Waals surface area (Å²) in [6.45, 7) is 7.91. The van der Waals surface area contributed by atoms with Gasteiger partial charge >= 0.3 is 0 Å². The number of hydrogen-bond donors (Lipinski definition) is 1. The molecule has 1 aromatic rings. The summed E-state index contributed by atoms with van der Waals surface area (Å²) >= 11 is 6.25. The van der Waals surface area contributed by atoms with Crippen molar-refractivity contribution >= 4 is 17.5 Å². The molecule has 1 N–H and O–H groups in total. The van der Waals surface area contributed by atoms with Crippen LogP contribution in [-0.2, 0) is 9.53 Å². The predicted octanol–water partition coefficient (Wildman–Crippen LogP) is 3.01. The minimum absolute atomic E-state index is 0.0521. The molecular weight excluding hydrogens is 319 g/mol. The number of carbonyl (C=O) groups excluding carboxylic acids is 1. The lowest BCUT2D eigenvalue weighted by atomic mass is 10.0. The molecule has 1 amide bonds. The number of hydrogen-bond acceptors (Lipinski definition) is 3. The van der Waals surface area contributed by atoms with Crippen LogP contribution in [0.2, 0.25) is 5.02 Å². The Balaban J connectivity index is 2.25. The first kappa shape index (κ1) is 18.2. The second-order valence-corrected chi connectivity index (χ2v) is 6.63. The zero-order chi connectivity index (χ0) is 17.0. The summed E-state index contributed by atoms with van der Waals surface area (Å²) in [5, 5.41) is 3.28. The molecule has 4 nitrogen and oxygen atoms in total. The molecule has 0 saturated carbocycles. The number of halogens is 2. The number of benzene rings is 1. The SMILES string of the molecule is CC(C)C(=O)NC[C@@H](c1c(F)cccc1Cl)N1CCO[C@@H](C)C1. The average molecular weight is 343 g/mol. The summed E-state index contributed by atoms with van der Waals surface area (Å²) in [7, 11) is 0. The van der Waals surface area contributed by atoms with Gasteiger partial charge in [-0.05, 0) is 19.1 Å². The van der Waals surface area contributed by atoms with Gasteiger partial charge in [0.15, 0.2) is 0 Å². The Morgan fingerprint density at radius 2 is 2.26 bits per heavy atom. The first-order valence-electron chi connectivity index (χ1n) is 7.97. The van der Waals surface area contributed by atoms with Gasteiger partial charge in [0.1, 0.15) is 5.82 Å². The van der Waals surface area contributed by atoms with Crippen LogP contribution >= 0.6 is 11.6 Å². The Morgan fingerprint density at radius 1 is 1.52 bits per heavy atom. The monoisotopic (exact) mass is 342 g/mol. The third-order valence-corrected chi connectivity index (χ3v) is 4.37. The summed E-state index contributed by atoms with van der Waals surface area (Å²) in [6, 6.07) is 4.37. The molecule has 128 valence electrons. The third-order valence-electron chi connectivity index (χ3n) is 4.04. The maximum absolute atomic E-state index is 14.4. The van der Waals surface area contributed by atoms with E-state index in [9.17, 15) is 9.18 Å². The van der Waals surface area contributed by atoms with Crippen molar-refractivity contribution in [2.75, 3.05) is 26.2 Å². The standard InChI is InChI=1S/C17H24ClFN2O2/c1-11(2)17(22)20-9-15(21-7-8-23-12(3)10-21)16-13(18)5-4-6-14(16)19/h4-6,11-12,15H,7-10H2,1-3H3,(H,20,22)/t12-,15-/m0/s1. The molecule has 0 spiro atoms. The van der Waals surface area contributed by atoms with E-state index >= 15 is 0 Å². The van der Waals surface area contributed by atoms with Gasteiger partial charge in [-0.25, -0.2) is 4.39 Å². The maximum Gasteiger partial charge on any atom is 0.222 e. The summed E-state index contributed by atoms with van der Waals surface area (Å²) in [5.41, 5.74) is 0.437. The van der Waals surface area contributed by atoms with Gasteiger partial charge < -0.3 is 10.1 Å². The van der Waals surface area contributed by atoms with Crippen LogP contribution in [-0.4, -0.2) is 43.2 Å². The number of carbonyl (C=O) groups is 1. The molecule has 2 atom stereocenters. The van der Waals surface area contributed by atoms with Gasteiger partial charge in [0.05, 0.1) is 18.8 Å². The molecule has 1 fully saturated rings. The van der Waals surface area contributed by atoms with Crippen LogP contribution in [0.25, 0.3) is 0 Å². The Morgan fingerprint density at radius 3 is 2.87 bits per heavy atom. The van der Waals surface area contributed by atoms with Crippen molar-refractivity contribution in [1.29, 1.82) is 0 Å². The van der Waals surface area contributed by atoms with Crippen LogP contribution in [0.4, 0.5) is 4.39 Å². The highest BCUT2D eigenvalue weighted by atomic mass is 35.5. The van der Waals surface area contributed by atoms with E-state index in [0.29, 0.717) is 36.8 Å². The van der Waals surface area contributed by atoms with Crippen LogP contribution in [0.5, 0.6) is 0 Å². The van der Waals surface area contributed by atoms with Crippen LogP contribution in [0.1, 0.15) is 32.4 Å². The molecule has 6 heteroatoms. The van der Waals surface area contributed by atoms with E-state index in [1.165, 1.54) is 6.07 Å². The first-order chi connectivity index (χ1) is 10.9. The van der Waals surface area contributed by atoms with Crippen molar-refractivity contribution in [2.45, 2.75) is 32.9 Å². The molecule has 1 aliphatic heterocycles. The number of amides is 1. The van der Waals surface area contributed by atoms with Crippen LogP contribution in [0.3, 0.4) is 0 Å². The second kappa shape index (κ2) is 8.08. The number of morpholine rings is 1. The zero-order valence-corrected chi connectivity index (χ0v) is 14.6. The molecule has 0 radical (unpaired) electrons. The molecule has 0 bridgehead atoms. The van der Waals surface area contributed by atoms with Gasteiger partial charge in [-0.15, -0.1) is 0 Å². The van der Waals surface area contributed by atoms with Crippen LogP contribution in [0.15, 0.2) is 18.2 Å². The molecule has 0 aromatic heterocycles. The molecule has 1 saturated heterocycles. The Hall–Kier alpha value is -1.17. The lowest BCUT2D eigenvalue weighted by molar-refractivity contribution is -0.124. The molecule has 0 aliphatic carbocycles. The van der Waals surface area contributed by atoms with Gasteiger partial charge in [0.2, 0.25) is 5.91 Å². The van der Waals surface area contributed by atoms with Crippen LogP contribution < -0.4 is 5.32 Å². The van der Waals surface area contributed by atoms with Crippen molar-refractivity contribution < 1.29 is 13.9 Å². The molecule has 23 heavy (non-hydrogen) atoms. The molecular formula is C17H24ClFN2O2. The summed E-state index contributed by atoms with van der Waals surface area (Å²) in [5.74, 6) is -0.514. The smallest absolute Gasteiger partial charge is 0.222 e. The zero-order valence-electron chi connectivity index (χ0n) is 13.8. The van der Waals surface area contributed by atoms with Crippen molar-refractivity contribution in [3.8, 4) is 0 Å². The topological polar surface area (TPSA) is 41.6 Å². The minimum Gasteiger partial charge on any atom is -0.376 e. The highest BCUT2D eigenvalue weighted by Gasteiger charge is 2.29. The predicted molar refractivity (Wildman–Crippen MR) is 89.0 cm³/mol. The van der Waals surface area contributed by atoms with Gasteiger partial charge in [0.25, 0.3) is 0 Å². The fourth-order valence-corrected chi connectivity index (χ4v) is 3.06. The van der Waals surface area contributed by atoms with E-state index in [1.807, 2.05) is 20.8 Å². The highest BCUT2D eigenvalue weighted by molar-refractivity contribution is 6.31. The summed E-state index contributed by atoms with van der Waals surface area (Å²) < 4.78 is 19.9. The molecule has 2 rings (SSSR count). The Bertz CT molecular complexity index is 533. The Kier molecular flexibility index (Phi) is 6.39. The van der Waals surface area contributed by atoms with Crippen LogP contribution in [0, 0.1) is 11.7 Å². The van der Waals surface area contributed by atoms with Crippen molar-refractivity contribution in [3.63, 3.8) is 0 Å². The third kappa shape index (κ3) is 4.66. The van der Waals surface area contributed by atoms with Gasteiger partial charge in [-0.2, -0.15) is 0 Å². The number of nitrogens with one attached hydrogen (secondary N) is 1. The van der Waals surface area contributed by atoms with Gasteiger partial charge in [-0.3, -0.25) is 9.69 Å². The number of ether oxygens (including phenoxy) is 1. The fraction of sp³-hybridized carbons (Fsp3) is 0.588. The summed E-state index contributed by atoms with van der Waals surface area (Å²) in [6.07, 6.45) is 0.0672. The highest BCUT2D eigenvalue weighted by Crippen LogP contribution is 2.31. The molecule has 1 aliphatic rings. The van der Waals surface area contributed by atoms with E-state index in [0.717, 1.165) is 0 Å². The lowest BCUT2D eigenvalue weighted by Gasteiger charge is -2.38. The molecule has 0 unspecified atom stereocenters. The van der Waals surface area contributed by atoms with E-state index in [-0.39, 0.29) is 29.8 Å². The number of nitrogens with zero attached hydrogens (tertiary/aromatic N) is 1. The number of rotatable bonds is 5. The van der Waals surface area contributed by atoms with E-state index in [4.69, 9.17) is 16.3 Å². The average Bonchev–Trinajstić information content (AvgIpc) is 2.49. The Labute approximate surface area is 141 Å². The normalized spacial score (nSPS) is 20.5. The minimum atomic E-state index is -0.347. The quantitative estimate of drug-likeness (QED) is 0.894. The first-order valence-corrected chi connectivity index (χ1v) is 8.35. The van der Waals surface area contributed by atoms with Crippen molar-refractivity contribution in [1.82, 2.24) is 10.2 Å². The summed E-state index contributed by atoms with van der Waals surface area (Å²) in [4.78, 5) is 14.0. The van der Waals surface area contributed by atoms with Gasteiger partial charge in [-0.1, -0.05) is 31.5 Å². The molecule has 1 aromatic carbocycles.